The third-order valence-electron chi connectivity index (χ3n) is 4.47. The standard InChI is InChI=1S/C24H26FNO2/c1-4-27-24-14-19(15-26-22-12-17(2)8-9-18(22)3)10-11-23(24)28-16-20-6-5-7-21(25)13-20/h5-14,26H,4,15-16H2,1-3H3. The first-order valence-electron chi connectivity index (χ1n) is 9.49. The molecule has 0 radical (unpaired) electrons. The molecule has 0 aliphatic heterocycles. The zero-order valence-electron chi connectivity index (χ0n) is 16.6. The van der Waals surface area contributed by atoms with Gasteiger partial charge in [0.25, 0.3) is 0 Å². The summed E-state index contributed by atoms with van der Waals surface area (Å²) in [6.07, 6.45) is 0. The van der Waals surface area contributed by atoms with E-state index in [-0.39, 0.29) is 12.4 Å². The molecular weight excluding hydrogens is 353 g/mol. The Labute approximate surface area is 166 Å². The summed E-state index contributed by atoms with van der Waals surface area (Å²) in [4.78, 5) is 0. The van der Waals surface area contributed by atoms with Gasteiger partial charge in [-0.1, -0.05) is 30.3 Å². The van der Waals surface area contributed by atoms with Crippen molar-refractivity contribution in [2.45, 2.75) is 33.9 Å². The van der Waals surface area contributed by atoms with Crippen LogP contribution in [0.3, 0.4) is 0 Å². The molecule has 3 aromatic carbocycles. The molecule has 0 bridgehead atoms. The van der Waals surface area contributed by atoms with Gasteiger partial charge >= 0.3 is 0 Å². The van der Waals surface area contributed by atoms with E-state index in [1.54, 1.807) is 6.07 Å². The molecule has 4 heteroatoms. The van der Waals surface area contributed by atoms with Crippen LogP contribution in [0.2, 0.25) is 0 Å². The Morgan fingerprint density at radius 2 is 1.71 bits per heavy atom. The van der Waals surface area contributed by atoms with E-state index in [0.29, 0.717) is 24.7 Å². The lowest BCUT2D eigenvalue weighted by atomic mass is 10.1. The van der Waals surface area contributed by atoms with Gasteiger partial charge in [0, 0.05) is 12.2 Å². The first-order valence-corrected chi connectivity index (χ1v) is 9.49. The molecule has 3 aromatic rings. The summed E-state index contributed by atoms with van der Waals surface area (Å²) in [5.74, 6) is 1.08. The van der Waals surface area contributed by atoms with Crippen LogP contribution in [0.15, 0.2) is 60.7 Å². The molecule has 0 atom stereocenters. The number of hydrogen-bond acceptors (Lipinski definition) is 3. The average Bonchev–Trinajstić information content (AvgIpc) is 2.68. The second-order valence-corrected chi connectivity index (χ2v) is 6.80. The number of hydrogen-bond donors (Lipinski definition) is 1. The summed E-state index contributed by atoms with van der Waals surface area (Å²) in [6.45, 7) is 7.65. The topological polar surface area (TPSA) is 30.5 Å². The third-order valence-corrected chi connectivity index (χ3v) is 4.47. The summed E-state index contributed by atoms with van der Waals surface area (Å²) >= 11 is 0. The molecular formula is C24H26FNO2. The number of ether oxygens (including phenoxy) is 2. The van der Waals surface area contributed by atoms with Gasteiger partial charge < -0.3 is 14.8 Å². The van der Waals surface area contributed by atoms with Crippen molar-refractivity contribution in [3.8, 4) is 11.5 Å². The lowest BCUT2D eigenvalue weighted by Crippen LogP contribution is -2.04. The highest BCUT2D eigenvalue weighted by molar-refractivity contribution is 5.53. The summed E-state index contributed by atoms with van der Waals surface area (Å²) in [5.41, 5.74) is 5.45. The van der Waals surface area contributed by atoms with Crippen molar-refractivity contribution in [3.63, 3.8) is 0 Å². The summed E-state index contributed by atoms with van der Waals surface area (Å²) < 4.78 is 25.0. The van der Waals surface area contributed by atoms with Crippen molar-refractivity contribution in [1.29, 1.82) is 0 Å². The molecule has 1 N–H and O–H groups in total. The second-order valence-electron chi connectivity index (χ2n) is 6.80. The summed E-state index contributed by atoms with van der Waals surface area (Å²) in [7, 11) is 0. The van der Waals surface area contributed by atoms with Gasteiger partial charge in [-0.05, 0) is 73.4 Å². The molecule has 0 saturated heterocycles. The van der Waals surface area contributed by atoms with E-state index in [2.05, 4.69) is 37.4 Å². The van der Waals surface area contributed by atoms with Crippen LogP contribution in [0.4, 0.5) is 10.1 Å². The van der Waals surface area contributed by atoms with Crippen LogP contribution >= 0.6 is 0 Å². The molecule has 3 nitrogen and oxygen atoms in total. The summed E-state index contributed by atoms with van der Waals surface area (Å²) in [6, 6.07) is 18.7. The van der Waals surface area contributed by atoms with Crippen LogP contribution in [-0.2, 0) is 13.2 Å². The lowest BCUT2D eigenvalue weighted by Gasteiger charge is -2.15. The SMILES string of the molecule is CCOc1cc(CNc2cc(C)ccc2C)ccc1OCc1cccc(F)c1. The molecule has 3 rings (SSSR count). The first kappa shape index (κ1) is 19.7. The van der Waals surface area contributed by atoms with E-state index in [0.717, 1.165) is 16.8 Å². The van der Waals surface area contributed by atoms with E-state index >= 15 is 0 Å². The van der Waals surface area contributed by atoms with Gasteiger partial charge in [0.2, 0.25) is 0 Å². The molecule has 0 fully saturated rings. The molecule has 0 aliphatic rings. The van der Waals surface area contributed by atoms with E-state index in [9.17, 15) is 4.39 Å². The Kier molecular flexibility index (Phi) is 6.53. The van der Waals surface area contributed by atoms with E-state index < -0.39 is 0 Å². The van der Waals surface area contributed by atoms with E-state index in [1.165, 1.54) is 23.3 Å². The fourth-order valence-electron chi connectivity index (χ4n) is 2.96. The van der Waals surface area contributed by atoms with Crippen LogP contribution in [0.25, 0.3) is 0 Å². The fourth-order valence-corrected chi connectivity index (χ4v) is 2.96. The number of nitrogens with one attached hydrogen (secondary N) is 1. The molecule has 0 unspecified atom stereocenters. The minimum Gasteiger partial charge on any atom is -0.490 e. The van der Waals surface area contributed by atoms with Crippen LogP contribution in [-0.4, -0.2) is 6.61 Å². The number of rotatable bonds is 8. The van der Waals surface area contributed by atoms with Crippen LogP contribution in [0, 0.1) is 19.7 Å². The number of benzene rings is 3. The first-order chi connectivity index (χ1) is 13.5. The monoisotopic (exact) mass is 379 g/mol. The quantitative estimate of drug-likeness (QED) is 0.518. The normalized spacial score (nSPS) is 10.6. The van der Waals surface area contributed by atoms with Gasteiger partial charge in [0.1, 0.15) is 12.4 Å². The molecule has 0 saturated carbocycles. The molecule has 0 spiro atoms. The van der Waals surface area contributed by atoms with Crippen molar-refractivity contribution >= 4 is 5.69 Å². The highest BCUT2D eigenvalue weighted by Crippen LogP contribution is 2.30. The Morgan fingerprint density at radius 1 is 0.857 bits per heavy atom. The van der Waals surface area contributed by atoms with Crippen LogP contribution in [0.5, 0.6) is 11.5 Å². The van der Waals surface area contributed by atoms with Crippen molar-refractivity contribution in [2.75, 3.05) is 11.9 Å². The van der Waals surface area contributed by atoms with Gasteiger partial charge in [-0.2, -0.15) is 0 Å². The predicted octanol–water partition coefficient (Wildman–Crippen LogP) is 6.03. The zero-order valence-corrected chi connectivity index (χ0v) is 16.6. The molecule has 146 valence electrons. The minimum atomic E-state index is -0.265. The third kappa shape index (κ3) is 5.26. The maximum absolute atomic E-state index is 13.3. The van der Waals surface area contributed by atoms with E-state index in [1.807, 2.05) is 31.2 Å². The molecule has 28 heavy (non-hydrogen) atoms. The maximum atomic E-state index is 13.3. The van der Waals surface area contributed by atoms with Gasteiger partial charge in [-0.3, -0.25) is 0 Å². The van der Waals surface area contributed by atoms with Crippen molar-refractivity contribution in [1.82, 2.24) is 0 Å². The largest absolute Gasteiger partial charge is 0.490 e. The number of aryl methyl sites for hydroxylation is 2. The van der Waals surface area contributed by atoms with Gasteiger partial charge in [0.05, 0.1) is 6.61 Å². The Balaban J connectivity index is 1.70. The smallest absolute Gasteiger partial charge is 0.161 e. The highest BCUT2D eigenvalue weighted by atomic mass is 19.1. The molecule has 0 aromatic heterocycles. The van der Waals surface area contributed by atoms with Crippen molar-refractivity contribution < 1.29 is 13.9 Å². The summed E-state index contributed by atoms with van der Waals surface area (Å²) in [5, 5.41) is 3.48. The molecule has 0 amide bonds. The van der Waals surface area contributed by atoms with Gasteiger partial charge in [0.15, 0.2) is 11.5 Å². The number of anilines is 1. The highest BCUT2D eigenvalue weighted by Gasteiger charge is 2.08. The second kappa shape index (κ2) is 9.27. The average molecular weight is 379 g/mol. The van der Waals surface area contributed by atoms with Crippen LogP contribution in [0.1, 0.15) is 29.2 Å². The fraction of sp³-hybridized carbons (Fsp3) is 0.250. The Morgan fingerprint density at radius 3 is 2.50 bits per heavy atom. The van der Waals surface area contributed by atoms with Crippen molar-refractivity contribution in [2.24, 2.45) is 0 Å². The Hall–Kier alpha value is -3.01. The Bertz CT molecular complexity index is 940. The van der Waals surface area contributed by atoms with Crippen molar-refractivity contribution in [3.05, 3.63) is 88.7 Å². The van der Waals surface area contributed by atoms with Gasteiger partial charge in [-0.15, -0.1) is 0 Å². The van der Waals surface area contributed by atoms with E-state index in [4.69, 9.17) is 9.47 Å². The lowest BCUT2D eigenvalue weighted by molar-refractivity contribution is 0.269. The predicted molar refractivity (Wildman–Crippen MR) is 112 cm³/mol. The zero-order chi connectivity index (χ0) is 19.9. The molecule has 0 heterocycles. The maximum Gasteiger partial charge on any atom is 0.161 e. The van der Waals surface area contributed by atoms with Crippen LogP contribution < -0.4 is 14.8 Å². The molecule has 0 aliphatic carbocycles. The number of halogens is 1. The van der Waals surface area contributed by atoms with Gasteiger partial charge in [-0.25, -0.2) is 4.39 Å². The minimum absolute atomic E-state index is 0.265.